The summed E-state index contributed by atoms with van der Waals surface area (Å²) in [6.07, 6.45) is 4.02. The van der Waals surface area contributed by atoms with Crippen molar-refractivity contribution >= 4 is 23.5 Å². The van der Waals surface area contributed by atoms with E-state index in [1.165, 1.54) is 0 Å². The van der Waals surface area contributed by atoms with Crippen LogP contribution in [0.5, 0.6) is 5.75 Å². The third-order valence-corrected chi connectivity index (χ3v) is 6.34. The van der Waals surface area contributed by atoms with Gasteiger partial charge in [0.05, 0.1) is 18.8 Å². The molecule has 2 N–H and O–H groups in total. The van der Waals surface area contributed by atoms with E-state index in [9.17, 15) is 14.4 Å². The molecule has 0 aromatic heterocycles. The second-order valence-electron chi connectivity index (χ2n) is 8.69. The number of nitrogens with one attached hydrogen (secondary N) is 2. The normalized spacial score (nSPS) is 22.4. The summed E-state index contributed by atoms with van der Waals surface area (Å²) in [4.78, 5) is 41.8. The van der Waals surface area contributed by atoms with Crippen LogP contribution >= 0.6 is 0 Å². The van der Waals surface area contributed by atoms with Gasteiger partial charge in [0, 0.05) is 13.1 Å². The average Bonchev–Trinajstić information content (AvgIpc) is 2.97. The number of ether oxygens (including phenoxy) is 1. The van der Waals surface area contributed by atoms with Gasteiger partial charge >= 0.3 is 6.03 Å². The van der Waals surface area contributed by atoms with Gasteiger partial charge in [-0.3, -0.25) is 19.9 Å². The van der Waals surface area contributed by atoms with Gasteiger partial charge in [-0.05, 0) is 38.9 Å². The lowest BCUT2D eigenvalue weighted by Gasteiger charge is -2.37. The minimum atomic E-state index is -0.846. The Morgan fingerprint density at radius 1 is 1.26 bits per heavy atom. The van der Waals surface area contributed by atoms with Gasteiger partial charge in [-0.15, -0.1) is 0 Å². The van der Waals surface area contributed by atoms with Crippen LogP contribution in [0.2, 0.25) is 0 Å². The van der Waals surface area contributed by atoms with Crippen LogP contribution in [0.25, 0.3) is 0 Å². The van der Waals surface area contributed by atoms with Gasteiger partial charge in [-0.25, -0.2) is 4.79 Å². The molecular weight excluding hydrogens is 398 g/mol. The molecule has 2 heterocycles. The molecule has 9 nitrogen and oxygen atoms in total. The number of fused-ring (bicyclic) bond motifs is 1. The summed E-state index contributed by atoms with van der Waals surface area (Å²) < 4.78 is 6.12. The first kappa shape index (κ1) is 21.4. The summed E-state index contributed by atoms with van der Waals surface area (Å²) in [5.74, 6) is 0.0944. The Morgan fingerprint density at radius 3 is 2.74 bits per heavy atom. The molecule has 9 heteroatoms. The smallest absolute Gasteiger partial charge is 0.344 e. The van der Waals surface area contributed by atoms with E-state index in [2.05, 4.69) is 22.6 Å². The van der Waals surface area contributed by atoms with Crippen LogP contribution in [0.4, 0.5) is 10.5 Å². The third-order valence-electron chi connectivity index (χ3n) is 6.34. The Morgan fingerprint density at radius 2 is 2.00 bits per heavy atom. The van der Waals surface area contributed by atoms with Gasteiger partial charge in [0.1, 0.15) is 17.4 Å². The van der Waals surface area contributed by atoms with Crippen molar-refractivity contribution in [1.82, 2.24) is 20.7 Å². The maximum absolute atomic E-state index is 12.8. The van der Waals surface area contributed by atoms with Crippen molar-refractivity contribution in [2.45, 2.75) is 50.7 Å². The molecule has 0 radical (unpaired) electrons. The summed E-state index contributed by atoms with van der Waals surface area (Å²) in [5.41, 5.74) is 2.73. The Bertz CT molecular complexity index is 854. The number of nitrogens with zero attached hydrogens (tertiary/aromatic N) is 3. The highest BCUT2D eigenvalue weighted by atomic mass is 16.5. The number of amides is 4. The molecule has 1 aromatic carbocycles. The zero-order chi connectivity index (χ0) is 22.0. The highest BCUT2D eigenvalue weighted by Gasteiger charge is 2.52. The van der Waals surface area contributed by atoms with E-state index in [0.717, 1.165) is 48.8 Å². The van der Waals surface area contributed by atoms with Crippen molar-refractivity contribution in [1.29, 1.82) is 0 Å². The quantitative estimate of drug-likeness (QED) is 0.666. The molecule has 0 unspecified atom stereocenters. The van der Waals surface area contributed by atoms with E-state index in [0.29, 0.717) is 19.4 Å². The number of para-hydroxylation sites is 2. The van der Waals surface area contributed by atoms with E-state index in [1.807, 2.05) is 36.2 Å². The SMILES string of the molecule is CCN1C[C@H](CN(C)CC(=O)NN2C(=O)NC3(CCCCC3)C2=O)Oc2ccccc21. The van der Waals surface area contributed by atoms with Gasteiger partial charge in [0.2, 0.25) is 0 Å². The van der Waals surface area contributed by atoms with Crippen molar-refractivity contribution < 1.29 is 19.1 Å². The van der Waals surface area contributed by atoms with Crippen LogP contribution in [0.15, 0.2) is 24.3 Å². The van der Waals surface area contributed by atoms with Gasteiger partial charge < -0.3 is 15.0 Å². The Labute approximate surface area is 182 Å². The van der Waals surface area contributed by atoms with Crippen LogP contribution in [0, 0.1) is 0 Å². The van der Waals surface area contributed by atoms with Crippen LogP contribution in [0.1, 0.15) is 39.0 Å². The number of likely N-dealkylation sites (N-methyl/N-ethyl adjacent to an activating group) is 2. The minimum Gasteiger partial charge on any atom is -0.485 e. The van der Waals surface area contributed by atoms with E-state index in [1.54, 1.807) is 0 Å². The largest absolute Gasteiger partial charge is 0.485 e. The van der Waals surface area contributed by atoms with E-state index in [4.69, 9.17) is 4.74 Å². The summed E-state index contributed by atoms with van der Waals surface area (Å²) in [6, 6.07) is 7.39. The zero-order valence-corrected chi connectivity index (χ0v) is 18.2. The van der Waals surface area contributed by atoms with Crippen LogP contribution < -0.4 is 20.4 Å². The number of hydrogen-bond donors (Lipinski definition) is 2. The molecule has 4 rings (SSSR count). The lowest BCUT2D eigenvalue weighted by Crippen LogP contribution is -2.53. The Balaban J connectivity index is 1.31. The molecule has 1 spiro atoms. The van der Waals surface area contributed by atoms with Crippen molar-refractivity contribution in [2.24, 2.45) is 0 Å². The number of carbonyl (C=O) groups excluding carboxylic acids is 3. The fourth-order valence-electron chi connectivity index (χ4n) is 4.81. The maximum atomic E-state index is 12.8. The summed E-state index contributed by atoms with van der Waals surface area (Å²) in [5, 5.41) is 3.65. The minimum absolute atomic E-state index is 0.0533. The Kier molecular flexibility index (Phi) is 6.04. The molecule has 1 atom stereocenters. The number of benzene rings is 1. The fraction of sp³-hybridized carbons (Fsp3) is 0.591. The van der Waals surface area contributed by atoms with Crippen LogP contribution in [0.3, 0.4) is 0 Å². The van der Waals surface area contributed by atoms with E-state index < -0.39 is 17.5 Å². The number of rotatable bonds is 6. The van der Waals surface area contributed by atoms with Gasteiger partial charge in [-0.2, -0.15) is 5.01 Å². The highest BCUT2D eigenvalue weighted by Crippen LogP contribution is 2.34. The van der Waals surface area contributed by atoms with Gasteiger partial charge in [0.25, 0.3) is 11.8 Å². The van der Waals surface area contributed by atoms with Gasteiger partial charge in [-0.1, -0.05) is 31.4 Å². The second kappa shape index (κ2) is 8.74. The number of carbonyl (C=O) groups is 3. The molecule has 2 aliphatic heterocycles. The zero-order valence-electron chi connectivity index (χ0n) is 18.2. The molecule has 1 aliphatic carbocycles. The Hall–Kier alpha value is -2.81. The number of urea groups is 1. The first-order valence-corrected chi connectivity index (χ1v) is 11.1. The topological polar surface area (TPSA) is 94.2 Å². The molecule has 168 valence electrons. The summed E-state index contributed by atoms with van der Waals surface area (Å²) in [6.45, 7) is 4.30. The lowest BCUT2D eigenvalue weighted by molar-refractivity contribution is -0.140. The lowest BCUT2D eigenvalue weighted by atomic mass is 9.82. The van der Waals surface area contributed by atoms with Crippen LogP contribution in [-0.2, 0) is 9.59 Å². The maximum Gasteiger partial charge on any atom is 0.344 e. The van der Waals surface area contributed by atoms with Crippen molar-refractivity contribution in [3.63, 3.8) is 0 Å². The van der Waals surface area contributed by atoms with E-state index in [-0.39, 0.29) is 18.6 Å². The van der Waals surface area contributed by atoms with Crippen molar-refractivity contribution in [3.05, 3.63) is 24.3 Å². The highest BCUT2D eigenvalue weighted by molar-refractivity contribution is 6.08. The molecular formula is C22H31N5O4. The number of imide groups is 1. The molecule has 4 amide bonds. The van der Waals surface area contributed by atoms with E-state index >= 15 is 0 Å². The first-order chi connectivity index (χ1) is 14.9. The monoisotopic (exact) mass is 429 g/mol. The third kappa shape index (κ3) is 4.32. The number of hydrogen-bond acceptors (Lipinski definition) is 6. The molecule has 1 saturated heterocycles. The predicted molar refractivity (Wildman–Crippen MR) is 116 cm³/mol. The average molecular weight is 430 g/mol. The van der Waals surface area contributed by atoms with Crippen molar-refractivity contribution in [3.8, 4) is 5.75 Å². The first-order valence-electron chi connectivity index (χ1n) is 11.1. The molecule has 0 bridgehead atoms. The number of hydrazine groups is 1. The van der Waals surface area contributed by atoms with Crippen LogP contribution in [-0.4, -0.2) is 72.6 Å². The molecule has 31 heavy (non-hydrogen) atoms. The molecule has 1 aromatic rings. The predicted octanol–water partition coefficient (Wildman–Crippen LogP) is 1.49. The molecule has 3 aliphatic rings. The summed E-state index contributed by atoms with van der Waals surface area (Å²) in [7, 11) is 1.83. The fourth-order valence-corrected chi connectivity index (χ4v) is 4.81. The molecule has 1 saturated carbocycles. The van der Waals surface area contributed by atoms with Crippen molar-refractivity contribution in [2.75, 3.05) is 38.1 Å². The molecule has 2 fully saturated rings. The summed E-state index contributed by atoms with van der Waals surface area (Å²) >= 11 is 0. The standard InChI is InChI=1S/C22H31N5O4/c1-3-26-14-16(31-18-10-6-5-9-17(18)26)13-25(2)15-19(28)24-27-20(29)22(23-21(27)30)11-7-4-8-12-22/h5-6,9-10,16H,3-4,7-8,11-15H2,1-2H3,(H,23,30)(H,24,28)/t16-/m0/s1. The van der Waals surface area contributed by atoms with Gasteiger partial charge in [0.15, 0.2) is 0 Å². The number of anilines is 1. The second-order valence-corrected chi connectivity index (χ2v) is 8.69.